The van der Waals surface area contributed by atoms with Crippen LogP contribution < -0.4 is 5.73 Å². The maximum atomic E-state index is 12.3. The molecule has 0 saturated carbocycles. The van der Waals surface area contributed by atoms with Crippen molar-refractivity contribution in [2.45, 2.75) is 19.8 Å². The van der Waals surface area contributed by atoms with Gasteiger partial charge in [0.1, 0.15) is 0 Å². The van der Waals surface area contributed by atoms with E-state index in [0.29, 0.717) is 11.3 Å². The normalized spacial score (nSPS) is 10.2. The molecular formula is C9H9F2N3. The monoisotopic (exact) mass is 197 g/mol. The number of aromatic nitrogens is 1. The smallest absolute Gasteiger partial charge is 0.267 e. The van der Waals surface area contributed by atoms with E-state index < -0.39 is 6.43 Å². The minimum Gasteiger partial charge on any atom is -0.398 e. The van der Waals surface area contributed by atoms with Gasteiger partial charge in [0.15, 0.2) is 0 Å². The summed E-state index contributed by atoms with van der Waals surface area (Å²) in [4.78, 5) is 3.77. The topological polar surface area (TPSA) is 62.7 Å². The summed E-state index contributed by atoms with van der Waals surface area (Å²) in [5, 5.41) is 8.43. The van der Waals surface area contributed by atoms with E-state index in [1.54, 1.807) is 6.92 Å². The van der Waals surface area contributed by atoms with Gasteiger partial charge < -0.3 is 5.73 Å². The number of anilines is 1. The summed E-state index contributed by atoms with van der Waals surface area (Å²) in [5.74, 6) is 0. The lowest BCUT2D eigenvalue weighted by atomic mass is 10.1. The van der Waals surface area contributed by atoms with Gasteiger partial charge in [-0.15, -0.1) is 0 Å². The highest BCUT2D eigenvalue weighted by Crippen LogP contribution is 2.27. The van der Waals surface area contributed by atoms with Crippen molar-refractivity contribution in [3.8, 4) is 6.07 Å². The van der Waals surface area contributed by atoms with E-state index in [2.05, 4.69) is 4.98 Å². The average molecular weight is 197 g/mol. The number of hydrogen-bond donors (Lipinski definition) is 1. The molecule has 0 fully saturated rings. The van der Waals surface area contributed by atoms with Crippen LogP contribution in [0.1, 0.15) is 23.2 Å². The molecule has 1 aromatic heterocycles. The Labute approximate surface area is 80.2 Å². The van der Waals surface area contributed by atoms with E-state index >= 15 is 0 Å². The zero-order chi connectivity index (χ0) is 10.7. The van der Waals surface area contributed by atoms with Crippen LogP contribution in [-0.2, 0) is 6.42 Å². The molecule has 0 aromatic carbocycles. The van der Waals surface area contributed by atoms with E-state index in [9.17, 15) is 8.78 Å². The molecule has 0 aliphatic carbocycles. The van der Waals surface area contributed by atoms with Crippen LogP contribution in [0, 0.1) is 18.3 Å². The number of alkyl halides is 2. The minimum absolute atomic E-state index is 0.0280. The number of pyridine rings is 1. The van der Waals surface area contributed by atoms with E-state index in [-0.39, 0.29) is 17.7 Å². The Morgan fingerprint density at radius 1 is 1.64 bits per heavy atom. The van der Waals surface area contributed by atoms with Gasteiger partial charge >= 0.3 is 0 Å². The van der Waals surface area contributed by atoms with E-state index in [0.717, 1.165) is 6.20 Å². The van der Waals surface area contributed by atoms with Gasteiger partial charge in [0.05, 0.1) is 23.7 Å². The Balaban J connectivity index is 3.20. The third kappa shape index (κ3) is 1.79. The maximum absolute atomic E-state index is 12.3. The van der Waals surface area contributed by atoms with Gasteiger partial charge in [-0.2, -0.15) is 5.26 Å². The first-order valence-electron chi connectivity index (χ1n) is 3.96. The molecule has 1 aromatic rings. The fourth-order valence-corrected chi connectivity index (χ4v) is 1.11. The van der Waals surface area contributed by atoms with Crippen molar-refractivity contribution >= 4 is 5.69 Å². The van der Waals surface area contributed by atoms with Crippen molar-refractivity contribution in [2.24, 2.45) is 0 Å². The van der Waals surface area contributed by atoms with Gasteiger partial charge in [0.25, 0.3) is 6.43 Å². The molecule has 0 radical (unpaired) electrons. The molecule has 0 atom stereocenters. The van der Waals surface area contributed by atoms with Crippen LogP contribution in [-0.4, -0.2) is 4.98 Å². The first-order valence-corrected chi connectivity index (χ1v) is 3.96. The zero-order valence-electron chi connectivity index (χ0n) is 7.59. The maximum Gasteiger partial charge on any atom is 0.267 e. The number of halogens is 2. The van der Waals surface area contributed by atoms with Crippen molar-refractivity contribution in [1.82, 2.24) is 4.98 Å². The Bertz CT molecular complexity index is 382. The summed E-state index contributed by atoms with van der Waals surface area (Å²) in [5.41, 5.74) is 6.15. The Kier molecular flexibility index (Phi) is 2.97. The Morgan fingerprint density at radius 3 is 2.79 bits per heavy atom. The van der Waals surface area contributed by atoms with Gasteiger partial charge in [0, 0.05) is 11.9 Å². The molecule has 0 spiro atoms. The fraction of sp³-hybridized carbons (Fsp3) is 0.333. The van der Waals surface area contributed by atoms with Crippen molar-refractivity contribution in [2.75, 3.05) is 5.73 Å². The Hall–Kier alpha value is -1.70. The van der Waals surface area contributed by atoms with E-state index in [1.807, 2.05) is 6.07 Å². The van der Waals surface area contributed by atoms with Gasteiger partial charge in [0.2, 0.25) is 0 Å². The predicted octanol–water partition coefficient (Wildman–Crippen LogP) is 1.98. The van der Waals surface area contributed by atoms with Crippen LogP contribution in [0.2, 0.25) is 0 Å². The second kappa shape index (κ2) is 4.01. The summed E-state index contributed by atoms with van der Waals surface area (Å²) in [6.45, 7) is 1.58. The van der Waals surface area contributed by atoms with Crippen LogP contribution in [0.15, 0.2) is 6.20 Å². The highest BCUT2D eigenvalue weighted by atomic mass is 19.3. The number of nitrogens with zero attached hydrogens (tertiary/aromatic N) is 2. The van der Waals surface area contributed by atoms with Crippen LogP contribution in [0.25, 0.3) is 0 Å². The first-order chi connectivity index (χ1) is 6.57. The molecule has 5 heteroatoms. The lowest BCUT2D eigenvalue weighted by molar-refractivity contribution is 0.151. The van der Waals surface area contributed by atoms with Gasteiger partial charge in [-0.1, -0.05) is 0 Å². The quantitative estimate of drug-likeness (QED) is 0.788. The fourth-order valence-electron chi connectivity index (χ4n) is 1.11. The highest BCUT2D eigenvalue weighted by molar-refractivity contribution is 5.54. The van der Waals surface area contributed by atoms with Crippen LogP contribution >= 0.6 is 0 Å². The van der Waals surface area contributed by atoms with Crippen LogP contribution in [0.5, 0.6) is 0 Å². The number of hydrogen-bond acceptors (Lipinski definition) is 3. The second-order valence-corrected chi connectivity index (χ2v) is 2.83. The molecular weight excluding hydrogens is 188 g/mol. The third-order valence-corrected chi connectivity index (χ3v) is 1.99. The largest absolute Gasteiger partial charge is 0.398 e. The minimum atomic E-state index is -2.63. The molecule has 0 amide bonds. The van der Waals surface area contributed by atoms with Crippen molar-refractivity contribution in [3.05, 3.63) is 23.0 Å². The van der Waals surface area contributed by atoms with Crippen LogP contribution in [0.3, 0.4) is 0 Å². The molecule has 0 aliphatic rings. The van der Waals surface area contributed by atoms with Crippen molar-refractivity contribution < 1.29 is 8.78 Å². The van der Waals surface area contributed by atoms with Gasteiger partial charge in [-0.3, -0.25) is 4.98 Å². The number of nitriles is 1. The predicted molar refractivity (Wildman–Crippen MR) is 47.7 cm³/mol. The summed E-state index contributed by atoms with van der Waals surface area (Å²) < 4.78 is 24.7. The van der Waals surface area contributed by atoms with Crippen molar-refractivity contribution in [1.29, 1.82) is 5.26 Å². The zero-order valence-corrected chi connectivity index (χ0v) is 7.59. The number of rotatable bonds is 2. The lowest BCUT2D eigenvalue weighted by Gasteiger charge is -2.09. The third-order valence-electron chi connectivity index (χ3n) is 1.99. The molecule has 2 N–H and O–H groups in total. The number of nitrogens with two attached hydrogens (primary N) is 1. The first kappa shape index (κ1) is 10.4. The SMILES string of the molecule is Cc1c(CC#N)ncc(C(F)F)c1N. The second-order valence-electron chi connectivity index (χ2n) is 2.83. The molecule has 74 valence electrons. The highest BCUT2D eigenvalue weighted by Gasteiger charge is 2.15. The molecule has 14 heavy (non-hydrogen) atoms. The summed E-state index contributed by atoms with van der Waals surface area (Å²) >= 11 is 0. The average Bonchev–Trinajstić information content (AvgIpc) is 2.13. The van der Waals surface area contributed by atoms with Gasteiger partial charge in [-0.25, -0.2) is 8.78 Å². The Morgan fingerprint density at radius 2 is 2.29 bits per heavy atom. The standard InChI is InChI=1S/C9H9F2N3/c1-5-7(2-3-12)14-4-6(8(5)13)9(10)11/h4,9H,2H2,1H3,(H2,13,14). The molecule has 0 unspecified atom stereocenters. The van der Waals surface area contributed by atoms with Crippen molar-refractivity contribution in [3.63, 3.8) is 0 Å². The summed E-state index contributed by atoms with van der Waals surface area (Å²) in [6, 6.07) is 1.90. The molecule has 0 bridgehead atoms. The van der Waals surface area contributed by atoms with E-state index in [4.69, 9.17) is 11.0 Å². The van der Waals surface area contributed by atoms with E-state index in [1.165, 1.54) is 0 Å². The van der Waals surface area contributed by atoms with Crippen LogP contribution in [0.4, 0.5) is 14.5 Å². The summed E-state index contributed by atoms with van der Waals surface area (Å²) in [7, 11) is 0. The molecule has 0 aliphatic heterocycles. The molecule has 0 saturated heterocycles. The molecule has 1 heterocycles. The summed E-state index contributed by atoms with van der Waals surface area (Å²) in [6.07, 6.45) is -1.52. The lowest BCUT2D eigenvalue weighted by Crippen LogP contribution is -2.03. The molecule has 1 rings (SSSR count). The number of nitrogen functional groups attached to an aromatic ring is 1. The molecule has 3 nitrogen and oxygen atoms in total. The van der Waals surface area contributed by atoms with Gasteiger partial charge in [-0.05, 0) is 12.5 Å².